The van der Waals surface area contributed by atoms with Crippen LogP contribution in [-0.2, 0) is 4.74 Å². The monoisotopic (exact) mass is 266 g/mol. The standard InChI is InChI=1S/C13H22N4O2/c1-4-7-15-12(14-5-2)16-8-10-17(11-9-16)13(18)19-6-3/h1H,5-11H2,2-3H3,(H,14,15). The van der Waals surface area contributed by atoms with Gasteiger partial charge in [0.25, 0.3) is 0 Å². The fourth-order valence-electron chi connectivity index (χ4n) is 1.86. The van der Waals surface area contributed by atoms with Crippen molar-refractivity contribution in [3.05, 3.63) is 0 Å². The molecule has 1 saturated heterocycles. The van der Waals surface area contributed by atoms with Crippen molar-refractivity contribution in [3.63, 3.8) is 0 Å². The predicted molar refractivity (Wildman–Crippen MR) is 75.0 cm³/mol. The third kappa shape index (κ3) is 4.70. The van der Waals surface area contributed by atoms with E-state index < -0.39 is 0 Å². The summed E-state index contributed by atoms with van der Waals surface area (Å²) in [6, 6.07) is 0. The van der Waals surface area contributed by atoms with Crippen molar-refractivity contribution in [2.75, 3.05) is 45.9 Å². The molecule has 0 spiro atoms. The van der Waals surface area contributed by atoms with E-state index >= 15 is 0 Å². The average Bonchev–Trinajstić information content (AvgIpc) is 2.44. The maximum atomic E-state index is 11.6. The summed E-state index contributed by atoms with van der Waals surface area (Å²) < 4.78 is 4.99. The summed E-state index contributed by atoms with van der Waals surface area (Å²) in [6.07, 6.45) is 4.98. The highest BCUT2D eigenvalue weighted by molar-refractivity contribution is 5.80. The highest BCUT2D eigenvalue weighted by Crippen LogP contribution is 2.04. The molecular formula is C13H22N4O2. The fraction of sp³-hybridized carbons (Fsp3) is 0.692. The number of carbonyl (C=O) groups is 1. The van der Waals surface area contributed by atoms with Crippen LogP contribution in [0.4, 0.5) is 4.79 Å². The van der Waals surface area contributed by atoms with E-state index in [4.69, 9.17) is 11.2 Å². The van der Waals surface area contributed by atoms with E-state index in [-0.39, 0.29) is 6.09 Å². The van der Waals surface area contributed by atoms with Crippen molar-refractivity contribution in [1.29, 1.82) is 0 Å². The van der Waals surface area contributed by atoms with Crippen LogP contribution in [-0.4, -0.2) is 67.7 Å². The van der Waals surface area contributed by atoms with E-state index in [1.54, 1.807) is 4.90 Å². The largest absolute Gasteiger partial charge is 0.450 e. The Labute approximate surface area is 114 Å². The number of aliphatic imine (C=N–C) groups is 1. The zero-order valence-corrected chi connectivity index (χ0v) is 11.7. The quantitative estimate of drug-likeness (QED) is 0.455. The first-order valence-corrected chi connectivity index (χ1v) is 6.61. The number of hydrogen-bond acceptors (Lipinski definition) is 3. The molecule has 0 aromatic heterocycles. The fourth-order valence-corrected chi connectivity index (χ4v) is 1.86. The Bertz CT molecular complexity index is 354. The molecule has 0 radical (unpaired) electrons. The number of hydrogen-bond donors (Lipinski definition) is 1. The van der Waals surface area contributed by atoms with E-state index in [9.17, 15) is 4.79 Å². The van der Waals surface area contributed by atoms with Crippen LogP contribution in [0.1, 0.15) is 13.8 Å². The van der Waals surface area contributed by atoms with Crippen molar-refractivity contribution in [1.82, 2.24) is 15.1 Å². The van der Waals surface area contributed by atoms with Gasteiger partial charge in [-0.25, -0.2) is 9.79 Å². The summed E-state index contributed by atoms with van der Waals surface area (Å²) in [4.78, 5) is 19.7. The molecule has 0 aliphatic carbocycles. The summed E-state index contributed by atoms with van der Waals surface area (Å²) in [5, 5.41) is 3.20. The van der Waals surface area contributed by atoms with Crippen molar-refractivity contribution in [3.8, 4) is 12.3 Å². The summed E-state index contributed by atoms with van der Waals surface area (Å²) in [5.41, 5.74) is 0. The number of terminal acetylenes is 1. The Morgan fingerprint density at radius 3 is 2.47 bits per heavy atom. The molecule has 1 aliphatic rings. The molecule has 19 heavy (non-hydrogen) atoms. The number of piperazine rings is 1. The molecule has 0 bridgehead atoms. The first-order valence-electron chi connectivity index (χ1n) is 6.61. The Hall–Kier alpha value is -1.90. The summed E-state index contributed by atoms with van der Waals surface area (Å²) in [7, 11) is 0. The number of ether oxygens (including phenoxy) is 1. The second-order valence-electron chi connectivity index (χ2n) is 4.05. The molecule has 106 valence electrons. The normalized spacial score (nSPS) is 15.9. The van der Waals surface area contributed by atoms with E-state index in [0.717, 1.165) is 25.6 Å². The summed E-state index contributed by atoms with van der Waals surface area (Å²) >= 11 is 0. The van der Waals surface area contributed by atoms with Crippen molar-refractivity contribution in [2.45, 2.75) is 13.8 Å². The lowest BCUT2D eigenvalue weighted by Gasteiger charge is -2.35. The molecule has 0 saturated carbocycles. The van der Waals surface area contributed by atoms with Crippen LogP contribution in [0.15, 0.2) is 4.99 Å². The van der Waals surface area contributed by atoms with Crippen LogP contribution < -0.4 is 5.32 Å². The topological polar surface area (TPSA) is 57.2 Å². The Morgan fingerprint density at radius 2 is 1.95 bits per heavy atom. The molecule has 0 unspecified atom stereocenters. The number of nitrogens with one attached hydrogen (secondary N) is 1. The van der Waals surface area contributed by atoms with Crippen LogP contribution in [0.5, 0.6) is 0 Å². The van der Waals surface area contributed by atoms with Crippen LogP contribution in [0.25, 0.3) is 0 Å². The highest BCUT2D eigenvalue weighted by atomic mass is 16.6. The lowest BCUT2D eigenvalue weighted by molar-refractivity contribution is 0.0914. The molecule has 1 rings (SSSR count). The van der Waals surface area contributed by atoms with Gasteiger partial charge in [0.1, 0.15) is 6.54 Å². The minimum atomic E-state index is -0.243. The number of guanidine groups is 1. The first-order chi connectivity index (χ1) is 9.22. The summed E-state index contributed by atoms with van der Waals surface area (Å²) in [6.45, 7) is 8.13. The van der Waals surface area contributed by atoms with Gasteiger partial charge < -0.3 is 19.9 Å². The lowest BCUT2D eigenvalue weighted by Crippen LogP contribution is -2.53. The SMILES string of the molecule is C#CCN=C(NCC)N1CCN(C(=O)OCC)CC1. The molecule has 0 aromatic carbocycles. The highest BCUT2D eigenvalue weighted by Gasteiger charge is 2.23. The lowest BCUT2D eigenvalue weighted by atomic mass is 10.3. The molecule has 1 heterocycles. The molecule has 1 amide bonds. The molecule has 0 atom stereocenters. The molecule has 1 aliphatic heterocycles. The second kappa shape index (κ2) is 8.25. The molecule has 1 N–H and O–H groups in total. The zero-order chi connectivity index (χ0) is 14.1. The Morgan fingerprint density at radius 1 is 1.32 bits per heavy atom. The van der Waals surface area contributed by atoms with Crippen LogP contribution in [0.3, 0.4) is 0 Å². The van der Waals surface area contributed by atoms with Gasteiger partial charge in [0.15, 0.2) is 5.96 Å². The van der Waals surface area contributed by atoms with Gasteiger partial charge >= 0.3 is 6.09 Å². The second-order valence-corrected chi connectivity index (χ2v) is 4.05. The van der Waals surface area contributed by atoms with E-state index in [2.05, 4.69) is 21.1 Å². The van der Waals surface area contributed by atoms with Crippen LogP contribution in [0.2, 0.25) is 0 Å². The van der Waals surface area contributed by atoms with E-state index in [0.29, 0.717) is 26.2 Å². The number of nitrogens with zero attached hydrogens (tertiary/aromatic N) is 3. The van der Waals surface area contributed by atoms with Crippen molar-refractivity contribution >= 4 is 12.1 Å². The maximum Gasteiger partial charge on any atom is 0.409 e. The minimum absolute atomic E-state index is 0.243. The van der Waals surface area contributed by atoms with Gasteiger partial charge in [0.05, 0.1) is 6.61 Å². The van der Waals surface area contributed by atoms with Gasteiger partial charge in [-0.05, 0) is 13.8 Å². The third-order valence-electron chi connectivity index (χ3n) is 2.76. The van der Waals surface area contributed by atoms with Crippen LogP contribution >= 0.6 is 0 Å². The average molecular weight is 266 g/mol. The Balaban J connectivity index is 2.51. The van der Waals surface area contributed by atoms with Gasteiger partial charge in [0, 0.05) is 32.7 Å². The summed E-state index contributed by atoms with van der Waals surface area (Å²) in [5.74, 6) is 3.31. The molecule has 6 nitrogen and oxygen atoms in total. The molecular weight excluding hydrogens is 244 g/mol. The predicted octanol–water partition coefficient (Wildman–Crippen LogP) is 0.359. The van der Waals surface area contributed by atoms with Crippen molar-refractivity contribution < 1.29 is 9.53 Å². The van der Waals surface area contributed by atoms with Gasteiger partial charge in [-0.2, -0.15) is 0 Å². The van der Waals surface area contributed by atoms with Crippen LogP contribution in [0, 0.1) is 12.3 Å². The number of carbonyl (C=O) groups excluding carboxylic acids is 1. The molecule has 1 fully saturated rings. The van der Waals surface area contributed by atoms with Gasteiger partial charge in [-0.15, -0.1) is 6.42 Å². The maximum absolute atomic E-state index is 11.6. The van der Waals surface area contributed by atoms with Gasteiger partial charge in [0.2, 0.25) is 0 Å². The molecule has 0 aromatic rings. The Kier molecular flexibility index (Phi) is 6.58. The number of rotatable bonds is 3. The first kappa shape index (κ1) is 15.2. The number of amides is 1. The zero-order valence-electron chi connectivity index (χ0n) is 11.7. The molecule has 6 heteroatoms. The smallest absolute Gasteiger partial charge is 0.409 e. The van der Waals surface area contributed by atoms with Gasteiger partial charge in [-0.1, -0.05) is 5.92 Å². The van der Waals surface area contributed by atoms with Gasteiger partial charge in [-0.3, -0.25) is 0 Å². The third-order valence-corrected chi connectivity index (χ3v) is 2.76. The van der Waals surface area contributed by atoms with E-state index in [1.165, 1.54) is 0 Å². The minimum Gasteiger partial charge on any atom is -0.450 e. The van der Waals surface area contributed by atoms with E-state index in [1.807, 2.05) is 13.8 Å². The van der Waals surface area contributed by atoms with Crippen molar-refractivity contribution in [2.24, 2.45) is 4.99 Å².